The van der Waals surface area contributed by atoms with E-state index in [-0.39, 0.29) is 17.6 Å². The lowest BCUT2D eigenvalue weighted by molar-refractivity contribution is -0.0925. The van der Waals surface area contributed by atoms with Gasteiger partial charge in [0.05, 0.1) is 21.5 Å². The topological polar surface area (TPSA) is 133 Å². The monoisotopic (exact) mass is 449 g/mol. The molecule has 0 saturated carbocycles. The fourth-order valence-corrected chi connectivity index (χ4v) is 6.28. The van der Waals surface area contributed by atoms with E-state index in [1.54, 1.807) is 24.0 Å². The second kappa shape index (κ2) is 8.50. The summed E-state index contributed by atoms with van der Waals surface area (Å²) in [6.45, 7) is 3.09. The number of nitrogens with zero attached hydrogens (tertiary/aromatic N) is 6. The molecule has 2 aromatic rings. The number of nitrogens with one attached hydrogen (secondary N) is 1. The highest BCUT2D eigenvalue weighted by Crippen LogP contribution is 2.36. The molecule has 0 radical (unpaired) electrons. The van der Waals surface area contributed by atoms with Crippen LogP contribution >= 0.6 is 0 Å². The molecule has 2 fully saturated rings. The highest BCUT2D eigenvalue weighted by molar-refractivity contribution is 7.93. The van der Waals surface area contributed by atoms with Crippen molar-refractivity contribution in [3.63, 3.8) is 0 Å². The number of rotatable bonds is 4. The molecule has 12 heteroatoms. The summed E-state index contributed by atoms with van der Waals surface area (Å²) >= 11 is 0. The molecule has 2 saturated heterocycles. The van der Waals surface area contributed by atoms with E-state index >= 15 is 0 Å². The Morgan fingerprint density at radius 1 is 1.39 bits per heavy atom. The minimum atomic E-state index is -2.65. The molecule has 2 aliphatic rings. The summed E-state index contributed by atoms with van der Waals surface area (Å²) in [7, 11) is -0.984. The predicted octanol–water partition coefficient (Wildman–Crippen LogP) is 0.781. The lowest BCUT2D eigenvalue weighted by Gasteiger charge is -2.44. The molecule has 1 N–H and O–H groups in total. The third kappa shape index (κ3) is 4.69. The van der Waals surface area contributed by atoms with Crippen LogP contribution in [-0.2, 0) is 28.1 Å². The van der Waals surface area contributed by atoms with Gasteiger partial charge in [-0.05, 0) is 38.7 Å². The van der Waals surface area contributed by atoms with E-state index in [9.17, 15) is 13.8 Å². The summed E-state index contributed by atoms with van der Waals surface area (Å²) in [4.78, 5) is 24.9. The molecule has 4 rings (SSSR count). The van der Waals surface area contributed by atoms with Crippen LogP contribution in [0, 0.1) is 0 Å². The zero-order chi connectivity index (χ0) is 22.1. The van der Waals surface area contributed by atoms with Gasteiger partial charge >= 0.3 is 5.91 Å². The molecule has 1 spiro atoms. The zero-order valence-corrected chi connectivity index (χ0v) is 18.5. The van der Waals surface area contributed by atoms with Gasteiger partial charge in [-0.15, -0.1) is 5.10 Å². The van der Waals surface area contributed by atoms with Crippen molar-refractivity contribution in [2.45, 2.75) is 50.8 Å². The number of hydrogen-bond acceptors (Lipinski definition) is 7. The third-order valence-corrected chi connectivity index (χ3v) is 8.14. The Bertz CT molecular complexity index is 1080. The molecule has 0 aromatic carbocycles. The smallest absolute Gasteiger partial charge is 0.305 e. The first-order valence-electron chi connectivity index (χ1n) is 10.4. The second-order valence-corrected chi connectivity index (χ2v) is 10.6. The molecule has 1 unspecified atom stereocenters. The summed E-state index contributed by atoms with van der Waals surface area (Å²) in [5.41, 5.74) is 0.158. The van der Waals surface area contributed by atoms with Crippen molar-refractivity contribution in [2.24, 2.45) is 11.4 Å². The van der Waals surface area contributed by atoms with Crippen molar-refractivity contribution in [1.82, 2.24) is 30.1 Å². The number of hydrogen-bond donors (Lipinski definition) is 1. The van der Waals surface area contributed by atoms with Crippen molar-refractivity contribution in [1.29, 1.82) is 0 Å². The first-order valence-corrected chi connectivity index (χ1v) is 12.3. The van der Waals surface area contributed by atoms with E-state index in [0.29, 0.717) is 56.0 Å². The molecular weight excluding hydrogens is 422 g/mol. The van der Waals surface area contributed by atoms with Crippen molar-refractivity contribution in [3.8, 4) is 0 Å². The third-order valence-electron chi connectivity index (χ3n) is 5.96. The largest absolute Gasteiger partial charge is 0.375 e. The van der Waals surface area contributed by atoms with Gasteiger partial charge in [-0.25, -0.2) is 8.89 Å². The molecular formula is C19H27N7O4S. The maximum absolute atomic E-state index is 13.2. The van der Waals surface area contributed by atoms with Gasteiger partial charge in [-0.2, -0.15) is 9.46 Å². The highest BCUT2D eigenvalue weighted by atomic mass is 32.2. The average molecular weight is 450 g/mol. The lowest BCUT2D eigenvalue weighted by Crippen LogP contribution is -2.52. The first-order chi connectivity index (χ1) is 14.8. The van der Waals surface area contributed by atoms with E-state index in [1.807, 2.05) is 6.92 Å². The highest BCUT2D eigenvalue weighted by Gasteiger charge is 2.42. The molecule has 2 amide bonds. The normalized spacial score (nSPS) is 28.4. The van der Waals surface area contributed by atoms with Gasteiger partial charge in [-0.1, -0.05) is 5.21 Å². The van der Waals surface area contributed by atoms with Crippen LogP contribution in [-0.4, -0.2) is 70.6 Å². The maximum Gasteiger partial charge on any atom is 0.305 e. The zero-order valence-electron chi connectivity index (χ0n) is 17.7. The van der Waals surface area contributed by atoms with Crippen LogP contribution in [0.5, 0.6) is 0 Å². The van der Waals surface area contributed by atoms with E-state index in [4.69, 9.17) is 4.74 Å². The van der Waals surface area contributed by atoms with Gasteiger partial charge < -0.3 is 10.1 Å². The summed E-state index contributed by atoms with van der Waals surface area (Å²) < 4.78 is 26.4. The predicted molar refractivity (Wildman–Crippen MR) is 112 cm³/mol. The molecule has 11 nitrogen and oxygen atoms in total. The van der Waals surface area contributed by atoms with Gasteiger partial charge in [0.2, 0.25) is 0 Å². The van der Waals surface area contributed by atoms with E-state index in [1.165, 1.54) is 10.9 Å². The van der Waals surface area contributed by atoms with Crippen LogP contribution in [0.4, 0.5) is 0 Å². The number of carbonyl (C=O) groups is 2. The van der Waals surface area contributed by atoms with Gasteiger partial charge in [0.15, 0.2) is 5.69 Å². The number of ether oxygens (including phenoxy) is 1. The standard InChI is InChI=1S/C19H27N7O4S/c1-3-26-8-4-15(22-26)17(27)23-31(29)10-6-19(7-11-31)12-14(5-9-30-19)21-18(28)16-13-20-24-25(16)2/h4,8,13-14H,3,5-7,9-12H2,1-2H3,(H,21,28). The van der Waals surface area contributed by atoms with Crippen LogP contribution in [0.2, 0.25) is 0 Å². The molecule has 168 valence electrons. The number of aromatic nitrogens is 5. The van der Waals surface area contributed by atoms with Crippen LogP contribution < -0.4 is 5.32 Å². The number of carbonyl (C=O) groups excluding carboxylic acids is 2. The van der Waals surface area contributed by atoms with Gasteiger partial charge in [0.1, 0.15) is 5.69 Å². The van der Waals surface area contributed by atoms with E-state index in [0.717, 1.165) is 0 Å². The summed E-state index contributed by atoms with van der Waals surface area (Å²) in [5, 5.41) is 14.7. The Hall–Kier alpha value is -2.60. The van der Waals surface area contributed by atoms with Crippen molar-refractivity contribution < 1.29 is 18.5 Å². The lowest BCUT2D eigenvalue weighted by atomic mass is 9.85. The van der Waals surface area contributed by atoms with Gasteiger partial charge in [-0.3, -0.25) is 14.3 Å². The average Bonchev–Trinajstić information content (AvgIpc) is 3.40. The summed E-state index contributed by atoms with van der Waals surface area (Å²) in [6, 6.07) is 1.54. The molecule has 2 aromatic heterocycles. The van der Waals surface area contributed by atoms with E-state index in [2.05, 4.69) is 25.1 Å². The SMILES string of the molecule is CCn1ccc(C(=O)N=S2(=O)CCC3(CC2)CC(NC(=O)c2cnnn2C)CCO3)n1. The number of amides is 2. The van der Waals surface area contributed by atoms with Crippen LogP contribution in [0.25, 0.3) is 0 Å². The van der Waals surface area contributed by atoms with Crippen molar-refractivity contribution in [2.75, 3.05) is 18.1 Å². The molecule has 1 atom stereocenters. The second-order valence-electron chi connectivity index (χ2n) is 8.07. The Labute approximate surface area is 180 Å². The fourth-order valence-electron chi connectivity index (χ4n) is 4.11. The van der Waals surface area contributed by atoms with Gasteiger partial charge in [0.25, 0.3) is 5.91 Å². The maximum atomic E-state index is 13.2. The van der Waals surface area contributed by atoms with Crippen molar-refractivity contribution in [3.05, 3.63) is 29.8 Å². The van der Waals surface area contributed by atoms with E-state index < -0.39 is 21.2 Å². The van der Waals surface area contributed by atoms with Crippen LogP contribution in [0.1, 0.15) is 53.6 Å². The molecule has 2 aliphatic heterocycles. The quantitative estimate of drug-likeness (QED) is 0.729. The molecule has 4 heterocycles. The Balaban J connectivity index is 1.39. The minimum absolute atomic E-state index is 0.0538. The van der Waals surface area contributed by atoms with Gasteiger partial charge in [0, 0.05) is 43.9 Å². The first kappa shape index (κ1) is 21.6. The van der Waals surface area contributed by atoms with Crippen LogP contribution in [0.15, 0.2) is 22.8 Å². The number of aryl methyl sites for hydroxylation is 2. The van der Waals surface area contributed by atoms with Crippen LogP contribution in [0.3, 0.4) is 0 Å². The minimum Gasteiger partial charge on any atom is -0.375 e. The Morgan fingerprint density at radius 3 is 2.81 bits per heavy atom. The molecule has 31 heavy (non-hydrogen) atoms. The Morgan fingerprint density at radius 2 is 2.16 bits per heavy atom. The fraction of sp³-hybridized carbons (Fsp3) is 0.632. The summed E-state index contributed by atoms with van der Waals surface area (Å²) in [5.74, 6) is -0.173. The Kier molecular flexibility index (Phi) is 5.93. The summed E-state index contributed by atoms with van der Waals surface area (Å²) in [6.07, 6.45) is 5.54. The molecule has 0 aliphatic carbocycles. The van der Waals surface area contributed by atoms with Crippen molar-refractivity contribution >= 4 is 21.5 Å². The molecule has 0 bridgehead atoms.